The van der Waals surface area contributed by atoms with Crippen molar-refractivity contribution in [2.24, 2.45) is 0 Å². The molecule has 1 amide bonds. The number of carbonyl (C=O) groups is 2. The molecule has 2 rings (SSSR count). The van der Waals surface area contributed by atoms with Crippen LogP contribution in [-0.2, 0) is 9.47 Å². The second-order valence-electron chi connectivity index (χ2n) is 3.49. The highest BCUT2D eigenvalue weighted by Crippen LogP contribution is 2.15. The van der Waals surface area contributed by atoms with Gasteiger partial charge in [-0.1, -0.05) is 0 Å². The third kappa shape index (κ3) is 2.71. The van der Waals surface area contributed by atoms with Crippen molar-refractivity contribution in [2.45, 2.75) is 0 Å². The van der Waals surface area contributed by atoms with Crippen LogP contribution in [0.25, 0.3) is 5.69 Å². The third-order valence-electron chi connectivity index (χ3n) is 2.30. The normalized spacial score (nSPS) is 9.90. The van der Waals surface area contributed by atoms with Gasteiger partial charge in [-0.3, -0.25) is 5.32 Å². The molecule has 0 aliphatic rings. The van der Waals surface area contributed by atoms with Crippen LogP contribution in [0.4, 0.5) is 10.6 Å². The van der Waals surface area contributed by atoms with Gasteiger partial charge in [-0.05, 0) is 12.1 Å². The van der Waals surface area contributed by atoms with E-state index in [1.165, 1.54) is 43.5 Å². The fourth-order valence-corrected chi connectivity index (χ4v) is 1.43. The molecule has 0 saturated heterocycles. The van der Waals surface area contributed by atoms with Gasteiger partial charge in [0.15, 0.2) is 5.69 Å². The summed E-state index contributed by atoms with van der Waals surface area (Å²) in [6, 6.07) is 3.02. The van der Waals surface area contributed by atoms with Crippen molar-refractivity contribution < 1.29 is 19.1 Å². The van der Waals surface area contributed by atoms with E-state index >= 15 is 0 Å². The molecule has 0 aliphatic carbocycles. The van der Waals surface area contributed by atoms with Crippen LogP contribution in [0.3, 0.4) is 0 Å². The molecule has 9 nitrogen and oxygen atoms in total. The zero-order chi connectivity index (χ0) is 14.5. The Morgan fingerprint density at radius 2 is 1.85 bits per heavy atom. The van der Waals surface area contributed by atoms with Crippen LogP contribution in [0, 0.1) is 0 Å². The van der Waals surface area contributed by atoms with Crippen LogP contribution in [0.15, 0.2) is 24.5 Å². The van der Waals surface area contributed by atoms with Crippen LogP contribution in [0.2, 0.25) is 0 Å². The van der Waals surface area contributed by atoms with E-state index in [0.29, 0.717) is 5.69 Å². The second kappa shape index (κ2) is 5.78. The van der Waals surface area contributed by atoms with Gasteiger partial charge in [0.05, 0.1) is 26.6 Å². The smallest absolute Gasteiger partial charge is 0.412 e. The number of pyridine rings is 1. The van der Waals surface area contributed by atoms with Crippen molar-refractivity contribution in [3.8, 4) is 5.69 Å². The van der Waals surface area contributed by atoms with Gasteiger partial charge in [0.2, 0.25) is 0 Å². The second-order valence-corrected chi connectivity index (χ2v) is 3.49. The number of esters is 1. The summed E-state index contributed by atoms with van der Waals surface area (Å²) in [4.78, 5) is 28.1. The lowest BCUT2D eigenvalue weighted by Crippen LogP contribution is -2.16. The number of anilines is 1. The molecule has 1 N–H and O–H groups in total. The van der Waals surface area contributed by atoms with E-state index in [4.69, 9.17) is 0 Å². The van der Waals surface area contributed by atoms with Crippen LogP contribution in [-0.4, -0.2) is 46.3 Å². The lowest BCUT2D eigenvalue weighted by molar-refractivity contribution is 0.0593. The van der Waals surface area contributed by atoms with Crippen LogP contribution < -0.4 is 5.32 Å². The van der Waals surface area contributed by atoms with E-state index in [1.807, 2.05) is 0 Å². The van der Waals surface area contributed by atoms with Gasteiger partial charge in [-0.15, -0.1) is 4.80 Å². The molecule has 0 radical (unpaired) electrons. The SMILES string of the molecule is COC(=O)Nc1ccc(-n2nccn2)c(C(=O)OC)n1. The average molecular weight is 277 g/mol. The zero-order valence-corrected chi connectivity index (χ0v) is 10.7. The minimum Gasteiger partial charge on any atom is -0.464 e. The summed E-state index contributed by atoms with van der Waals surface area (Å²) < 4.78 is 9.09. The first-order valence-corrected chi connectivity index (χ1v) is 5.46. The maximum atomic E-state index is 11.7. The largest absolute Gasteiger partial charge is 0.464 e. The summed E-state index contributed by atoms with van der Waals surface area (Å²) in [6.45, 7) is 0. The number of methoxy groups -OCH3 is 2. The van der Waals surface area contributed by atoms with E-state index in [1.54, 1.807) is 0 Å². The molecule has 0 spiro atoms. The zero-order valence-electron chi connectivity index (χ0n) is 10.7. The number of rotatable bonds is 3. The van der Waals surface area contributed by atoms with Crippen LogP contribution >= 0.6 is 0 Å². The number of hydrogen-bond donors (Lipinski definition) is 1. The summed E-state index contributed by atoms with van der Waals surface area (Å²) in [5, 5.41) is 10.2. The van der Waals surface area contributed by atoms with E-state index in [-0.39, 0.29) is 11.5 Å². The number of nitrogens with zero attached hydrogens (tertiary/aromatic N) is 4. The first-order valence-electron chi connectivity index (χ1n) is 5.46. The van der Waals surface area contributed by atoms with E-state index in [2.05, 4.69) is 30.0 Å². The quantitative estimate of drug-likeness (QED) is 0.819. The molecule has 0 saturated carbocycles. The van der Waals surface area contributed by atoms with E-state index < -0.39 is 12.1 Å². The minimum atomic E-state index is -0.696. The van der Waals surface area contributed by atoms with Crippen molar-refractivity contribution in [3.05, 3.63) is 30.2 Å². The Bertz CT molecular complexity index is 626. The molecular weight excluding hydrogens is 266 g/mol. The molecule has 0 aromatic carbocycles. The first-order chi connectivity index (χ1) is 9.65. The number of hydrogen-bond acceptors (Lipinski definition) is 7. The summed E-state index contributed by atoms with van der Waals surface area (Å²) >= 11 is 0. The highest BCUT2D eigenvalue weighted by atomic mass is 16.5. The molecule has 2 aromatic rings. The summed E-state index contributed by atoms with van der Waals surface area (Å²) in [7, 11) is 2.45. The van der Waals surface area contributed by atoms with Crippen molar-refractivity contribution in [1.82, 2.24) is 20.0 Å². The lowest BCUT2D eigenvalue weighted by Gasteiger charge is -2.08. The topological polar surface area (TPSA) is 108 Å². The number of amides is 1. The predicted molar refractivity (Wildman–Crippen MR) is 66.5 cm³/mol. The average Bonchev–Trinajstić information content (AvgIpc) is 3.00. The summed E-state index contributed by atoms with van der Waals surface area (Å²) in [5.74, 6) is -0.529. The first kappa shape index (κ1) is 13.5. The number of carbonyl (C=O) groups excluding carboxylic acids is 2. The predicted octanol–water partition coefficient (Wildman–Crippen LogP) is 0.627. The fourth-order valence-electron chi connectivity index (χ4n) is 1.43. The van der Waals surface area contributed by atoms with Gasteiger partial charge in [0.1, 0.15) is 11.5 Å². The van der Waals surface area contributed by atoms with Gasteiger partial charge in [0, 0.05) is 0 Å². The maximum Gasteiger partial charge on any atom is 0.412 e. The Labute approximate surface area is 113 Å². The molecule has 0 atom stereocenters. The standard InChI is InChI=1S/C11H11N5O4/c1-19-10(17)9-7(16-12-5-6-13-16)3-4-8(14-9)15-11(18)20-2/h3-6H,1-2H3,(H,14,15,18). The molecule has 0 bridgehead atoms. The molecule has 20 heavy (non-hydrogen) atoms. The van der Waals surface area contributed by atoms with Gasteiger partial charge >= 0.3 is 12.1 Å². The summed E-state index contributed by atoms with van der Waals surface area (Å²) in [5.41, 5.74) is 0.301. The fraction of sp³-hybridized carbons (Fsp3) is 0.182. The van der Waals surface area contributed by atoms with Crippen molar-refractivity contribution in [1.29, 1.82) is 0 Å². The molecule has 2 aromatic heterocycles. The Kier molecular flexibility index (Phi) is 3.89. The maximum absolute atomic E-state index is 11.7. The number of ether oxygens (including phenoxy) is 2. The third-order valence-corrected chi connectivity index (χ3v) is 2.30. The monoisotopic (exact) mass is 277 g/mol. The molecule has 2 heterocycles. The molecule has 104 valence electrons. The molecule has 9 heteroatoms. The van der Waals surface area contributed by atoms with Gasteiger partial charge in [-0.25, -0.2) is 14.6 Å². The van der Waals surface area contributed by atoms with Crippen LogP contribution in [0.1, 0.15) is 10.5 Å². The van der Waals surface area contributed by atoms with Crippen molar-refractivity contribution in [3.63, 3.8) is 0 Å². The van der Waals surface area contributed by atoms with Crippen molar-refractivity contribution in [2.75, 3.05) is 19.5 Å². The van der Waals surface area contributed by atoms with Gasteiger partial charge < -0.3 is 9.47 Å². The molecular formula is C11H11N5O4. The Hall–Kier alpha value is -2.97. The minimum absolute atomic E-state index is 0.0300. The molecule has 0 fully saturated rings. The number of nitrogens with one attached hydrogen (secondary N) is 1. The van der Waals surface area contributed by atoms with Gasteiger partial charge in [0.25, 0.3) is 0 Å². The lowest BCUT2D eigenvalue weighted by atomic mass is 10.3. The van der Waals surface area contributed by atoms with Gasteiger partial charge in [-0.2, -0.15) is 10.2 Å². The van der Waals surface area contributed by atoms with E-state index in [9.17, 15) is 9.59 Å². The highest BCUT2D eigenvalue weighted by molar-refractivity contribution is 5.92. The molecule has 0 aliphatic heterocycles. The Morgan fingerprint density at radius 3 is 2.45 bits per heavy atom. The number of aromatic nitrogens is 4. The Morgan fingerprint density at radius 1 is 1.15 bits per heavy atom. The summed E-state index contributed by atoms with van der Waals surface area (Å²) in [6.07, 6.45) is 2.22. The van der Waals surface area contributed by atoms with Crippen LogP contribution in [0.5, 0.6) is 0 Å². The van der Waals surface area contributed by atoms with E-state index in [0.717, 1.165) is 0 Å². The highest BCUT2D eigenvalue weighted by Gasteiger charge is 2.18. The Balaban J connectivity index is 2.43. The van der Waals surface area contributed by atoms with Crippen molar-refractivity contribution >= 4 is 17.9 Å². The molecule has 0 unspecified atom stereocenters.